The lowest BCUT2D eigenvalue weighted by atomic mass is 9.75. The highest BCUT2D eigenvalue weighted by molar-refractivity contribution is 5.77. The highest BCUT2D eigenvalue weighted by atomic mass is 16.6. The van der Waals surface area contributed by atoms with Crippen molar-refractivity contribution >= 4 is 12.1 Å². The molecule has 1 aliphatic heterocycles. The fraction of sp³-hybridized carbons (Fsp3) is 0.875. The van der Waals surface area contributed by atoms with Gasteiger partial charge in [-0.25, -0.2) is 4.79 Å². The fourth-order valence-electron chi connectivity index (χ4n) is 2.82. The molecule has 8 nitrogen and oxygen atoms in total. The number of carbonyl (C=O) groups is 2. The SMILES string of the molecule is CCOC(=O)C1(CCCN=[N+]=[N-])CCN(C(=O)OC(C)(C)C)CC1. The predicted octanol–water partition coefficient (Wildman–Crippen LogP) is 3.66. The van der Waals surface area contributed by atoms with Crippen LogP contribution in [0.3, 0.4) is 0 Å². The number of hydrogen-bond donors (Lipinski definition) is 0. The van der Waals surface area contributed by atoms with E-state index in [1.54, 1.807) is 11.8 Å². The zero-order valence-electron chi connectivity index (χ0n) is 15.1. The Bertz CT molecular complexity index is 487. The van der Waals surface area contributed by atoms with Crippen LogP contribution in [0, 0.1) is 5.41 Å². The number of rotatable bonds is 6. The minimum Gasteiger partial charge on any atom is -0.466 e. The van der Waals surface area contributed by atoms with E-state index in [4.69, 9.17) is 15.0 Å². The highest BCUT2D eigenvalue weighted by Crippen LogP contribution is 2.38. The summed E-state index contributed by atoms with van der Waals surface area (Å²) in [7, 11) is 0. The molecule has 1 aliphatic rings. The average molecular weight is 340 g/mol. The number of ether oxygens (including phenoxy) is 2. The van der Waals surface area contributed by atoms with Crippen molar-refractivity contribution in [3.05, 3.63) is 10.4 Å². The molecule has 1 saturated heterocycles. The Hall–Kier alpha value is -1.95. The summed E-state index contributed by atoms with van der Waals surface area (Å²) in [6, 6.07) is 0. The third-order valence-electron chi connectivity index (χ3n) is 4.06. The van der Waals surface area contributed by atoms with Crippen LogP contribution in [0.1, 0.15) is 53.4 Å². The van der Waals surface area contributed by atoms with Gasteiger partial charge in [0.1, 0.15) is 5.60 Å². The number of azide groups is 1. The van der Waals surface area contributed by atoms with Crippen molar-refractivity contribution in [3.8, 4) is 0 Å². The average Bonchev–Trinajstić information content (AvgIpc) is 2.50. The lowest BCUT2D eigenvalue weighted by Gasteiger charge is -2.40. The third kappa shape index (κ3) is 5.92. The fourth-order valence-corrected chi connectivity index (χ4v) is 2.82. The first kappa shape index (κ1) is 20.1. The number of likely N-dealkylation sites (tertiary alicyclic amines) is 1. The zero-order chi connectivity index (χ0) is 18.2. The van der Waals surface area contributed by atoms with Crippen LogP contribution in [0.4, 0.5) is 4.79 Å². The van der Waals surface area contributed by atoms with Crippen molar-refractivity contribution < 1.29 is 19.1 Å². The van der Waals surface area contributed by atoms with Crippen LogP contribution in [0.5, 0.6) is 0 Å². The molecule has 0 aromatic rings. The quantitative estimate of drug-likeness (QED) is 0.242. The lowest BCUT2D eigenvalue weighted by molar-refractivity contribution is -0.159. The Morgan fingerprint density at radius 1 is 1.29 bits per heavy atom. The van der Waals surface area contributed by atoms with Crippen molar-refractivity contribution in [1.82, 2.24) is 4.90 Å². The Kier molecular flexibility index (Phi) is 7.35. The Balaban J connectivity index is 2.70. The van der Waals surface area contributed by atoms with Gasteiger partial charge in [-0.05, 0) is 58.9 Å². The Morgan fingerprint density at radius 2 is 1.92 bits per heavy atom. The van der Waals surface area contributed by atoms with E-state index in [0.717, 1.165) is 0 Å². The van der Waals surface area contributed by atoms with Gasteiger partial charge in [-0.1, -0.05) is 5.11 Å². The highest BCUT2D eigenvalue weighted by Gasteiger charge is 2.43. The first-order valence-electron chi connectivity index (χ1n) is 8.40. The van der Waals surface area contributed by atoms with Crippen molar-refractivity contribution in [3.63, 3.8) is 0 Å². The summed E-state index contributed by atoms with van der Waals surface area (Å²) in [6.45, 7) is 8.85. The molecule has 1 fully saturated rings. The molecule has 0 aliphatic carbocycles. The molecule has 0 saturated carbocycles. The summed E-state index contributed by atoms with van der Waals surface area (Å²) in [4.78, 5) is 28.9. The molecule has 0 aromatic carbocycles. The van der Waals surface area contributed by atoms with E-state index in [0.29, 0.717) is 51.9 Å². The molecular weight excluding hydrogens is 312 g/mol. The second kappa shape index (κ2) is 8.78. The summed E-state index contributed by atoms with van der Waals surface area (Å²) < 4.78 is 10.6. The molecular formula is C16H28N4O4. The van der Waals surface area contributed by atoms with Crippen molar-refractivity contribution in [1.29, 1.82) is 0 Å². The normalized spacial score (nSPS) is 16.9. The second-order valence-electron chi connectivity index (χ2n) is 7.03. The first-order chi connectivity index (χ1) is 11.2. The summed E-state index contributed by atoms with van der Waals surface area (Å²) in [6.07, 6.45) is 1.92. The largest absolute Gasteiger partial charge is 0.466 e. The molecule has 1 heterocycles. The van der Waals surface area contributed by atoms with Gasteiger partial charge in [-0.2, -0.15) is 0 Å². The molecule has 0 unspecified atom stereocenters. The van der Waals surface area contributed by atoms with Gasteiger partial charge < -0.3 is 14.4 Å². The minimum absolute atomic E-state index is 0.227. The van der Waals surface area contributed by atoms with Gasteiger partial charge in [0, 0.05) is 24.5 Å². The number of piperidine rings is 1. The number of carbonyl (C=O) groups excluding carboxylic acids is 2. The molecule has 136 valence electrons. The van der Waals surface area contributed by atoms with E-state index in [1.165, 1.54) is 0 Å². The van der Waals surface area contributed by atoms with Gasteiger partial charge in [-0.15, -0.1) is 0 Å². The molecule has 0 aromatic heterocycles. The second-order valence-corrected chi connectivity index (χ2v) is 7.03. The number of nitrogens with zero attached hydrogens (tertiary/aromatic N) is 4. The predicted molar refractivity (Wildman–Crippen MR) is 89.4 cm³/mol. The van der Waals surface area contributed by atoms with Crippen LogP contribution in [0.2, 0.25) is 0 Å². The number of esters is 1. The Labute approximate surface area is 143 Å². The van der Waals surface area contributed by atoms with Crippen LogP contribution in [-0.4, -0.2) is 48.8 Å². The smallest absolute Gasteiger partial charge is 0.410 e. The van der Waals surface area contributed by atoms with Gasteiger partial charge in [0.25, 0.3) is 0 Å². The third-order valence-corrected chi connectivity index (χ3v) is 4.06. The first-order valence-corrected chi connectivity index (χ1v) is 8.40. The molecule has 0 atom stereocenters. The summed E-state index contributed by atoms with van der Waals surface area (Å²) in [5, 5.41) is 3.52. The van der Waals surface area contributed by atoms with Crippen LogP contribution in [0.25, 0.3) is 10.4 Å². The maximum Gasteiger partial charge on any atom is 0.410 e. The summed E-state index contributed by atoms with van der Waals surface area (Å²) >= 11 is 0. The molecule has 1 amide bonds. The van der Waals surface area contributed by atoms with E-state index >= 15 is 0 Å². The van der Waals surface area contributed by atoms with Crippen LogP contribution < -0.4 is 0 Å². The maximum absolute atomic E-state index is 12.4. The number of hydrogen-bond acceptors (Lipinski definition) is 5. The topological polar surface area (TPSA) is 105 Å². The van der Waals surface area contributed by atoms with Gasteiger partial charge in [0.15, 0.2) is 0 Å². The van der Waals surface area contributed by atoms with E-state index in [-0.39, 0.29) is 12.1 Å². The van der Waals surface area contributed by atoms with Crippen molar-refractivity contribution in [2.24, 2.45) is 10.5 Å². The minimum atomic E-state index is -0.612. The van der Waals surface area contributed by atoms with Gasteiger partial charge >= 0.3 is 12.1 Å². The maximum atomic E-state index is 12.4. The van der Waals surface area contributed by atoms with Crippen LogP contribution in [-0.2, 0) is 14.3 Å². The molecule has 1 rings (SSSR count). The summed E-state index contributed by atoms with van der Waals surface area (Å²) in [5.41, 5.74) is 7.21. The molecule has 0 bridgehead atoms. The van der Waals surface area contributed by atoms with Gasteiger partial charge in [-0.3, -0.25) is 4.79 Å². The standard InChI is InChI=1S/C16H28N4O4/c1-5-23-13(21)16(7-6-10-18-19-17)8-11-20(12-9-16)14(22)24-15(2,3)4/h5-12H2,1-4H3. The van der Waals surface area contributed by atoms with E-state index in [9.17, 15) is 9.59 Å². The van der Waals surface area contributed by atoms with Crippen LogP contribution in [0.15, 0.2) is 5.11 Å². The molecule has 8 heteroatoms. The van der Waals surface area contributed by atoms with Crippen LogP contribution >= 0.6 is 0 Å². The van der Waals surface area contributed by atoms with Gasteiger partial charge in [0.2, 0.25) is 0 Å². The lowest BCUT2D eigenvalue weighted by Crippen LogP contribution is -2.48. The Morgan fingerprint density at radius 3 is 2.42 bits per heavy atom. The van der Waals surface area contributed by atoms with E-state index < -0.39 is 11.0 Å². The molecule has 24 heavy (non-hydrogen) atoms. The molecule has 0 N–H and O–H groups in total. The van der Waals surface area contributed by atoms with E-state index in [2.05, 4.69) is 10.0 Å². The van der Waals surface area contributed by atoms with Gasteiger partial charge in [0.05, 0.1) is 12.0 Å². The zero-order valence-corrected chi connectivity index (χ0v) is 15.1. The van der Waals surface area contributed by atoms with E-state index in [1.807, 2.05) is 20.8 Å². The van der Waals surface area contributed by atoms with Crippen molar-refractivity contribution in [2.75, 3.05) is 26.2 Å². The monoisotopic (exact) mass is 340 g/mol. The molecule has 0 spiro atoms. The van der Waals surface area contributed by atoms with Crippen molar-refractivity contribution in [2.45, 2.75) is 59.0 Å². The molecule has 0 radical (unpaired) electrons. The summed E-state index contributed by atoms with van der Waals surface area (Å²) in [5.74, 6) is -0.227. The number of amides is 1.